The van der Waals surface area contributed by atoms with Crippen LogP contribution in [0.15, 0.2) is 27.9 Å². The number of ether oxygens (including phenoxy) is 2. The molecule has 0 bridgehead atoms. The number of hydrogen-bond acceptors (Lipinski definition) is 8. The predicted molar refractivity (Wildman–Crippen MR) is 148 cm³/mol. The summed E-state index contributed by atoms with van der Waals surface area (Å²) in [4.78, 5) is 31.0. The monoisotopic (exact) mass is 536 g/mol. The minimum absolute atomic E-state index is 0.113. The lowest BCUT2D eigenvalue weighted by molar-refractivity contribution is -0.122. The number of nitrogens with zero attached hydrogens (tertiary/aromatic N) is 4. The number of rotatable bonds is 5. The van der Waals surface area contributed by atoms with E-state index in [-0.39, 0.29) is 23.8 Å². The van der Waals surface area contributed by atoms with E-state index in [0.29, 0.717) is 39.4 Å². The first-order valence-corrected chi connectivity index (χ1v) is 13.7. The number of nitriles is 1. The number of fused-ring (bicyclic) bond motifs is 1. The van der Waals surface area contributed by atoms with Gasteiger partial charge in [0.25, 0.3) is 11.5 Å². The summed E-state index contributed by atoms with van der Waals surface area (Å²) in [6, 6.07) is 7.69. The highest BCUT2D eigenvalue weighted by atomic mass is 32.2. The van der Waals surface area contributed by atoms with Crippen LogP contribution in [-0.2, 0) is 17.9 Å². The lowest BCUT2D eigenvalue weighted by Gasteiger charge is -2.29. The molecular formula is C27H28N4O4S2. The number of thioether (sulfide) groups is 1. The van der Waals surface area contributed by atoms with Crippen molar-refractivity contribution >= 4 is 46.1 Å². The van der Waals surface area contributed by atoms with Crippen molar-refractivity contribution in [3.63, 3.8) is 0 Å². The molecule has 2 saturated heterocycles. The van der Waals surface area contributed by atoms with Gasteiger partial charge in [0.2, 0.25) is 6.79 Å². The third-order valence-electron chi connectivity index (χ3n) is 6.99. The topological polar surface area (TPSA) is 87.8 Å². The van der Waals surface area contributed by atoms with Crippen molar-refractivity contribution in [1.29, 1.82) is 5.26 Å². The normalized spacial score (nSPS) is 18.5. The summed E-state index contributed by atoms with van der Waals surface area (Å²) in [7, 11) is 0. The van der Waals surface area contributed by atoms with Crippen LogP contribution in [0, 0.1) is 18.3 Å². The van der Waals surface area contributed by atoms with E-state index in [1.807, 2.05) is 31.2 Å². The van der Waals surface area contributed by atoms with E-state index in [9.17, 15) is 14.9 Å². The zero-order valence-corrected chi connectivity index (χ0v) is 22.5. The second-order valence-corrected chi connectivity index (χ2v) is 10.9. The van der Waals surface area contributed by atoms with E-state index in [4.69, 9.17) is 21.7 Å². The van der Waals surface area contributed by atoms with Crippen LogP contribution >= 0.6 is 24.0 Å². The van der Waals surface area contributed by atoms with Crippen LogP contribution in [0.5, 0.6) is 11.5 Å². The molecule has 0 aliphatic carbocycles. The molecule has 8 nitrogen and oxygen atoms in total. The second-order valence-electron chi connectivity index (χ2n) is 9.26. The van der Waals surface area contributed by atoms with Crippen LogP contribution in [0.1, 0.15) is 54.9 Å². The van der Waals surface area contributed by atoms with Gasteiger partial charge in [-0.1, -0.05) is 42.9 Å². The minimum Gasteiger partial charge on any atom is -0.454 e. The molecule has 192 valence electrons. The number of thiocarbonyl (C=S) groups is 1. The summed E-state index contributed by atoms with van der Waals surface area (Å²) >= 11 is 6.83. The van der Waals surface area contributed by atoms with E-state index >= 15 is 0 Å². The molecule has 1 amide bonds. The molecule has 5 rings (SSSR count). The zero-order chi connectivity index (χ0) is 26.1. The molecule has 1 aromatic heterocycles. The van der Waals surface area contributed by atoms with Gasteiger partial charge in [-0.3, -0.25) is 19.1 Å². The van der Waals surface area contributed by atoms with Gasteiger partial charge in [-0.05, 0) is 56.0 Å². The Morgan fingerprint density at radius 2 is 1.86 bits per heavy atom. The summed E-state index contributed by atoms with van der Waals surface area (Å²) < 4.78 is 13.0. The molecule has 2 fully saturated rings. The molecule has 10 heteroatoms. The Labute approximate surface area is 225 Å². The number of benzene rings is 1. The molecule has 0 N–H and O–H groups in total. The highest BCUT2D eigenvalue weighted by molar-refractivity contribution is 8.26. The fraction of sp³-hybridized carbons (Fsp3) is 0.407. The highest BCUT2D eigenvalue weighted by Crippen LogP contribution is 2.38. The SMILES string of the molecule is CCn1c(N2CCCCCC2)c(/C=C2\SC(=S)N(Cc3ccc4c(c3)OCO4)C2=O)c(C)c(C#N)c1=O. The number of carbonyl (C=O) groups excluding carboxylic acids is 1. The average Bonchev–Trinajstić information content (AvgIpc) is 3.33. The van der Waals surface area contributed by atoms with Crippen molar-refractivity contribution < 1.29 is 14.3 Å². The smallest absolute Gasteiger partial charge is 0.270 e. The Bertz CT molecular complexity index is 1400. The van der Waals surface area contributed by atoms with Gasteiger partial charge in [0.05, 0.1) is 11.4 Å². The molecule has 0 unspecified atom stereocenters. The van der Waals surface area contributed by atoms with E-state index < -0.39 is 0 Å². The van der Waals surface area contributed by atoms with Crippen molar-refractivity contribution in [3.05, 3.63) is 55.7 Å². The third kappa shape index (κ3) is 4.74. The molecule has 3 aliphatic rings. The maximum absolute atomic E-state index is 13.5. The van der Waals surface area contributed by atoms with E-state index in [1.165, 1.54) is 11.8 Å². The fourth-order valence-corrected chi connectivity index (χ4v) is 6.29. The van der Waals surface area contributed by atoms with Gasteiger partial charge in [-0.2, -0.15) is 5.26 Å². The number of hydrogen-bond donors (Lipinski definition) is 0. The van der Waals surface area contributed by atoms with Gasteiger partial charge in [-0.25, -0.2) is 0 Å². The fourth-order valence-electron chi connectivity index (χ4n) is 5.05. The van der Waals surface area contributed by atoms with Crippen molar-refractivity contribution in [3.8, 4) is 17.6 Å². The van der Waals surface area contributed by atoms with Gasteiger partial charge in [0, 0.05) is 25.2 Å². The molecule has 37 heavy (non-hydrogen) atoms. The Kier molecular flexibility index (Phi) is 7.26. The quantitative estimate of drug-likeness (QED) is 0.406. The molecule has 0 atom stereocenters. The lowest BCUT2D eigenvalue weighted by atomic mass is 10.0. The summed E-state index contributed by atoms with van der Waals surface area (Å²) in [6.07, 6.45) is 6.19. The number of carbonyl (C=O) groups is 1. The Morgan fingerprint density at radius 1 is 1.14 bits per heavy atom. The van der Waals surface area contributed by atoms with Crippen LogP contribution in [0.3, 0.4) is 0 Å². The van der Waals surface area contributed by atoms with Crippen LogP contribution in [-0.4, -0.2) is 39.6 Å². The number of pyridine rings is 1. The first-order chi connectivity index (χ1) is 17.9. The standard InChI is InChI=1S/C27H28N4O4S2/c1-3-30-24(29-10-6-4-5-7-11-29)19(17(2)20(14-28)25(30)32)13-23-26(33)31(27(36)37-23)15-18-8-9-21-22(12-18)35-16-34-21/h8-9,12-13H,3-7,10-11,15-16H2,1-2H3/b23-13-. The maximum Gasteiger partial charge on any atom is 0.270 e. The molecular weight excluding hydrogens is 508 g/mol. The van der Waals surface area contributed by atoms with Crippen molar-refractivity contribution in [2.75, 3.05) is 24.8 Å². The number of amides is 1. The summed E-state index contributed by atoms with van der Waals surface area (Å²) in [6.45, 7) is 6.30. The predicted octanol–water partition coefficient (Wildman–Crippen LogP) is 4.56. The molecule has 2 aromatic rings. The van der Waals surface area contributed by atoms with Crippen molar-refractivity contribution in [1.82, 2.24) is 9.47 Å². The van der Waals surface area contributed by atoms with Crippen LogP contribution in [0.2, 0.25) is 0 Å². The Hall–Kier alpha value is -3.29. The summed E-state index contributed by atoms with van der Waals surface area (Å²) in [5.74, 6) is 1.93. The van der Waals surface area contributed by atoms with Crippen molar-refractivity contribution in [2.24, 2.45) is 0 Å². The minimum atomic E-state index is -0.283. The van der Waals surface area contributed by atoms with Crippen molar-refractivity contribution in [2.45, 2.75) is 52.6 Å². The van der Waals surface area contributed by atoms with Gasteiger partial charge in [0.15, 0.2) is 11.5 Å². The van der Waals surface area contributed by atoms with E-state index in [0.717, 1.165) is 55.7 Å². The van der Waals surface area contributed by atoms with Gasteiger partial charge < -0.3 is 14.4 Å². The highest BCUT2D eigenvalue weighted by Gasteiger charge is 2.33. The van der Waals surface area contributed by atoms with Crippen LogP contribution in [0.25, 0.3) is 6.08 Å². The van der Waals surface area contributed by atoms with Gasteiger partial charge in [-0.15, -0.1) is 0 Å². The molecule has 0 spiro atoms. The average molecular weight is 537 g/mol. The van der Waals surface area contributed by atoms with E-state index in [1.54, 1.807) is 16.4 Å². The Morgan fingerprint density at radius 3 is 2.57 bits per heavy atom. The number of aromatic nitrogens is 1. The second kappa shape index (κ2) is 10.6. The van der Waals surface area contributed by atoms with E-state index in [2.05, 4.69) is 11.0 Å². The summed E-state index contributed by atoms with van der Waals surface area (Å²) in [5, 5.41) is 9.80. The molecule has 3 aliphatic heterocycles. The maximum atomic E-state index is 13.5. The largest absolute Gasteiger partial charge is 0.454 e. The third-order valence-corrected chi connectivity index (χ3v) is 8.37. The lowest BCUT2D eigenvalue weighted by Crippen LogP contribution is -2.35. The molecule has 0 saturated carbocycles. The van der Waals surface area contributed by atoms with Gasteiger partial charge >= 0.3 is 0 Å². The molecule has 0 radical (unpaired) electrons. The zero-order valence-electron chi connectivity index (χ0n) is 20.9. The first kappa shape index (κ1) is 25.4. The van der Waals surface area contributed by atoms with Gasteiger partial charge in [0.1, 0.15) is 21.8 Å². The first-order valence-electron chi connectivity index (χ1n) is 12.5. The summed E-state index contributed by atoms with van der Waals surface area (Å²) in [5.41, 5.74) is 2.05. The Balaban J connectivity index is 1.54. The van der Waals surface area contributed by atoms with Crippen LogP contribution < -0.4 is 19.9 Å². The molecule has 4 heterocycles. The van der Waals surface area contributed by atoms with Crippen LogP contribution in [0.4, 0.5) is 5.82 Å². The molecule has 1 aromatic carbocycles. The number of anilines is 1.